The predicted octanol–water partition coefficient (Wildman–Crippen LogP) is 3.96. The summed E-state index contributed by atoms with van der Waals surface area (Å²) in [7, 11) is 0. The number of benzene rings is 2. The topological polar surface area (TPSA) is 35.2 Å². The van der Waals surface area contributed by atoms with Gasteiger partial charge in [-0.1, -0.05) is 42.5 Å². The highest BCUT2D eigenvalue weighted by atomic mass is 16.5. The molecular formula is C18H21NO. The molecular weight excluding hydrogens is 246 g/mol. The average Bonchev–Trinajstić information content (AvgIpc) is 3.30. The second kappa shape index (κ2) is 5.29. The highest BCUT2D eigenvalue weighted by Crippen LogP contribution is 2.37. The fourth-order valence-corrected chi connectivity index (χ4v) is 2.49. The van der Waals surface area contributed by atoms with Gasteiger partial charge in [0.25, 0.3) is 0 Å². The van der Waals surface area contributed by atoms with Crippen molar-refractivity contribution in [3.63, 3.8) is 0 Å². The molecule has 2 aromatic carbocycles. The molecule has 0 heterocycles. The van der Waals surface area contributed by atoms with Gasteiger partial charge in [-0.15, -0.1) is 0 Å². The zero-order chi connectivity index (χ0) is 14.0. The van der Waals surface area contributed by atoms with Gasteiger partial charge in [0.1, 0.15) is 5.60 Å². The summed E-state index contributed by atoms with van der Waals surface area (Å²) in [5.74, 6) is 0.735. The van der Waals surface area contributed by atoms with E-state index in [0.717, 1.165) is 23.8 Å². The molecule has 1 atom stereocenters. The second-order valence-corrected chi connectivity index (χ2v) is 5.78. The van der Waals surface area contributed by atoms with E-state index in [1.165, 1.54) is 18.4 Å². The molecule has 0 bridgehead atoms. The summed E-state index contributed by atoms with van der Waals surface area (Å²) < 4.78 is 6.33. The fourth-order valence-electron chi connectivity index (χ4n) is 2.49. The van der Waals surface area contributed by atoms with Crippen molar-refractivity contribution in [2.75, 3.05) is 12.3 Å². The molecule has 0 aliphatic heterocycles. The number of hydrogen-bond acceptors (Lipinski definition) is 2. The predicted molar refractivity (Wildman–Crippen MR) is 82.4 cm³/mol. The maximum Gasteiger partial charge on any atom is 0.115 e. The third kappa shape index (κ3) is 2.70. The van der Waals surface area contributed by atoms with Gasteiger partial charge < -0.3 is 10.5 Å². The van der Waals surface area contributed by atoms with Gasteiger partial charge in [-0.05, 0) is 48.9 Å². The van der Waals surface area contributed by atoms with E-state index in [9.17, 15) is 0 Å². The van der Waals surface area contributed by atoms with Crippen molar-refractivity contribution in [3.05, 3.63) is 65.7 Å². The molecule has 20 heavy (non-hydrogen) atoms. The van der Waals surface area contributed by atoms with Crippen LogP contribution in [0.3, 0.4) is 0 Å². The van der Waals surface area contributed by atoms with E-state index in [0.29, 0.717) is 0 Å². The molecule has 2 aromatic rings. The molecule has 0 spiro atoms. The van der Waals surface area contributed by atoms with Crippen LogP contribution in [-0.4, -0.2) is 6.61 Å². The zero-order valence-electron chi connectivity index (χ0n) is 11.9. The standard InChI is InChI=1S/C18H21NO/c1-18(20-13-14-10-11-14,15-6-3-2-4-7-15)16-8-5-9-17(19)12-16/h2-9,12,14H,10-11,13,19H2,1H3. The Balaban J connectivity index is 1.97. The van der Waals surface area contributed by atoms with Crippen LogP contribution in [0.2, 0.25) is 0 Å². The lowest BCUT2D eigenvalue weighted by Gasteiger charge is -2.31. The number of rotatable bonds is 5. The van der Waals surface area contributed by atoms with Crippen LogP contribution >= 0.6 is 0 Å². The van der Waals surface area contributed by atoms with Gasteiger partial charge in [-0.2, -0.15) is 0 Å². The van der Waals surface area contributed by atoms with Crippen LogP contribution in [0.4, 0.5) is 5.69 Å². The van der Waals surface area contributed by atoms with Gasteiger partial charge in [0.2, 0.25) is 0 Å². The molecule has 2 N–H and O–H groups in total. The largest absolute Gasteiger partial charge is 0.399 e. The van der Waals surface area contributed by atoms with Gasteiger partial charge in [-0.25, -0.2) is 0 Å². The normalized spacial score (nSPS) is 17.6. The number of nitrogens with two attached hydrogens (primary N) is 1. The Hall–Kier alpha value is -1.80. The molecule has 0 radical (unpaired) electrons. The SMILES string of the molecule is CC(OCC1CC1)(c1ccccc1)c1cccc(N)c1. The molecule has 2 nitrogen and oxygen atoms in total. The highest BCUT2D eigenvalue weighted by Gasteiger charge is 2.33. The number of ether oxygens (including phenoxy) is 1. The van der Waals surface area contributed by atoms with E-state index in [1.807, 2.05) is 24.3 Å². The van der Waals surface area contributed by atoms with Crippen LogP contribution in [0.1, 0.15) is 30.9 Å². The Labute approximate surface area is 120 Å². The van der Waals surface area contributed by atoms with E-state index in [2.05, 4.69) is 37.3 Å². The first kappa shape index (κ1) is 13.2. The Kier molecular flexibility index (Phi) is 3.49. The summed E-state index contributed by atoms with van der Waals surface area (Å²) in [6.07, 6.45) is 2.59. The van der Waals surface area contributed by atoms with Gasteiger partial charge >= 0.3 is 0 Å². The van der Waals surface area contributed by atoms with Crippen LogP contribution in [-0.2, 0) is 10.3 Å². The van der Waals surface area contributed by atoms with Crippen LogP contribution in [0, 0.1) is 5.92 Å². The minimum Gasteiger partial charge on any atom is -0.399 e. The first-order valence-electron chi connectivity index (χ1n) is 7.24. The lowest BCUT2D eigenvalue weighted by Crippen LogP contribution is -2.28. The van der Waals surface area contributed by atoms with Crippen molar-refractivity contribution in [3.8, 4) is 0 Å². The summed E-state index contributed by atoms with van der Waals surface area (Å²) >= 11 is 0. The third-order valence-corrected chi connectivity index (χ3v) is 4.07. The summed E-state index contributed by atoms with van der Waals surface area (Å²) in [4.78, 5) is 0. The minimum absolute atomic E-state index is 0.431. The van der Waals surface area contributed by atoms with Crippen molar-refractivity contribution in [1.82, 2.24) is 0 Å². The van der Waals surface area contributed by atoms with Crippen LogP contribution in [0.15, 0.2) is 54.6 Å². The molecule has 104 valence electrons. The van der Waals surface area contributed by atoms with Gasteiger partial charge in [0.05, 0.1) is 6.61 Å². The van der Waals surface area contributed by atoms with Crippen LogP contribution in [0.5, 0.6) is 0 Å². The average molecular weight is 267 g/mol. The summed E-state index contributed by atoms with van der Waals surface area (Å²) in [5, 5.41) is 0. The smallest absolute Gasteiger partial charge is 0.115 e. The first-order chi connectivity index (χ1) is 9.68. The van der Waals surface area contributed by atoms with Gasteiger partial charge in [0.15, 0.2) is 0 Å². The molecule has 0 amide bonds. The zero-order valence-corrected chi connectivity index (χ0v) is 11.9. The van der Waals surface area contributed by atoms with Gasteiger partial charge in [-0.3, -0.25) is 0 Å². The molecule has 1 unspecified atom stereocenters. The summed E-state index contributed by atoms with van der Waals surface area (Å²) in [5.41, 5.74) is 8.58. The van der Waals surface area contributed by atoms with E-state index in [1.54, 1.807) is 0 Å². The Morgan fingerprint density at radius 3 is 2.40 bits per heavy atom. The number of hydrogen-bond donors (Lipinski definition) is 1. The molecule has 1 fully saturated rings. The van der Waals surface area contributed by atoms with Crippen LogP contribution < -0.4 is 5.73 Å². The maximum absolute atomic E-state index is 6.33. The second-order valence-electron chi connectivity index (χ2n) is 5.78. The van der Waals surface area contributed by atoms with E-state index in [-0.39, 0.29) is 0 Å². The van der Waals surface area contributed by atoms with Crippen molar-refractivity contribution in [2.24, 2.45) is 5.92 Å². The molecule has 3 rings (SSSR count). The van der Waals surface area contributed by atoms with E-state index < -0.39 is 5.60 Å². The molecule has 1 aliphatic rings. The Bertz CT molecular complexity index is 577. The molecule has 0 aromatic heterocycles. The van der Waals surface area contributed by atoms with E-state index in [4.69, 9.17) is 10.5 Å². The van der Waals surface area contributed by atoms with Crippen molar-refractivity contribution >= 4 is 5.69 Å². The third-order valence-electron chi connectivity index (χ3n) is 4.07. The summed E-state index contributed by atoms with van der Waals surface area (Å²) in [6, 6.07) is 18.4. The van der Waals surface area contributed by atoms with Crippen molar-refractivity contribution in [1.29, 1.82) is 0 Å². The van der Waals surface area contributed by atoms with Gasteiger partial charge in [0, 0.05) is 5.69 Å². The van der Waals surface area contributed by atoms with Crippen molar-refractivity contribution < 1.29 is 4.74 Å². The Morgan fingerprint density at radius 2 is 1.75 bits per heavy atom. The van der Waals surface area contributed by atoms with E-state index >= 15 is 0 Å². The van der Waals surface area contributed by atoms with Crippen LogP contribution in [0.25, 0.3) is 0 Å². The Morgan fingerprint density at radius 1 is 1.05 bits per heavy atom. The summed E-state index contributed by atoms with van der Waals surface area (Å²) in [6.45, 7) is 2.96. The van der Waals surface area contributed by atoms with Crippen molar-refractivity contribution in [2.45, 2.75) is 25.4 Å². The lowest BCUT2D eigenvalue weighted by atomic mass is 9.87. The lowest BCUT2D eigenvalue weighted by molar-refractivity contribution is -0.0102. The monoisotopic (exact) mass is 267 g/mol. The molecule has 0 saturated heterocycles. The molecule has 1 aliphatic carbocycles. The highest BCUT2D eigenvalue weighted by molar-refractivity contribution is 5.46. The first-order valence-corrected chi connectivity index (χ1v) is 7.24. The maximum atomic E-state index is 6.33. The fraction of sp³-hybridized carbons (Fsp3) is 0.333. The quantitative estimate of drug-likeness (QED) is 0.832. The number of nitrogen functional groups attached to an aromatic ring is 1. The molecule has 2 heteroatoms. The minimum atomic E-state index is -0.431. The number of anilines is 1. The molecule has 1 saturated carbocycles.